The number of benzene rings is 1. The highest BCUT2D eigenvalue weighted by Crippen LogP contribution is 2.26. The van der Waals surface area contributed by atoms with Crippen molar-refractivity contribution in [1.29, 1.82) is 0 Å². The zero-order valence-electron chi connectivity index (χ0n) is 13.0. The van der Waals surface area contributed by atoms with Crippen LogP contribution >= 0.6 is 0 Å². The minimum Gasteiger partial charge on any atom is -0.275 e. The summed E-state index contributed by atoms with van der Waals surface area (Å²) in [6.07, 6.45) is 6.71. The monoisotopic (exact) mass is 319 g/mol. The third-order valence-electron chi connectivity index (χ3n) is 4.18. The molecule has 1 aliphatic carbocycles. The van der Waals surface area contributed by atoms with Crippen molar-refractivity contribution in [2.24, 2.45) is 7.05 Å². The lowest BCUT2D eigenvalue weighted by molar-refractivity contribution is 0.423. The van der Waals surface area contributed by atoms with Gasteiger partial charge < -0.3 is 0 Å². The second-order valence-corrected chi connectivity index (χ2v) is 7.68. The van der Waals surface area contributed by atoms with Crippen LogP contribution in [0.2, 0.25) is 0 Å². The van der Waals surface area contributed by atoms with Crippen LogP contribution in [0, 0.1) is 0 Å². The predicted octanol–water partition coefficient (Wildman–Crippen LogP) is 2.12. The molecule has 0 saturated carbocycles. The van der Waals surface area contributed by atoms with Crippen molar-refractivity contribution >= 4 is 10.0 Å². The maximum atomic E-state index is 12.9. The van der Waals surface area contributed by atoms with Gasteiger partial charge in [0.15, 0.2) is 0 Å². The Morgan fingerprint density at radius 2 is 2.05 bits per heavy atom. The van der Waals surface area contributed by atoms with Gasteiger partial charge in [0.2, 0.25) is 10.0 Å². The number of aromatic nitrogens is 2. The van der Waals surface area contributed by atoms with Gasteiger partial charge in [-0.05, 0) is 42.5 Å². The molecule has 1 aromatic heterocycles. The SMILES string of the molecule is CCN(Cc1cnn(C)c1)S(=O)(=O)c1ccc2c(c1)CCC2. The first-order valence-electron chi connectivity index (χ1n) is 7.60. The lowest BCUT2D eigenvalue weighted by Gasteiger charge is -2.20. The molecule has 0 saturated heterocycles. The summed E-state index contributed by atoms with van der Waals surface area (Å²) in [5.41, 5.74) is 3.36. The highest BCUT2D eigenvalue weighted by atomic mass is 32.2. The summed E-state index contributed by atoms with van der Waals surface area (Å²) < 4.78 is 28.9. The normalized spacial score (nSPS) is 14.5. The van der Waals surface area contributed by atoms with E-state index in [4.69, 9.17) is 0 Å². The molecule has 0 N–H and O–H groups in total. The third-order valence-corrected chi connectivity index (χ3v) is 6.09. The van der Waals surface area contributed by atoms with Gasteiger partial charge in [-0.2, -0.15) is 9.40 Å². The standard InChI is InChI=1S/C16H21N3O2S/c1-3-19(12-13-10-17-18(2)11-13)22(20,21)16-8-7-14-5-4-6-15(14)9-16/h7-11H,3-6,12H2,1-2H3. The Kier molecular flexibility index (Phi) is 4.06. The molecule has 0 radical (unpaired) electrons. The number of sulfonamides is 1. The summed E-state index contributed by atoms with van der Waals surface area (Å²) in [6, 6.07) is 5.56. The van der Waals surface area contributed by atoms with Gasteiger partial charge in [0.1, 0.15) is 0 Å². The first-order valence-corrected chi connectivity index (χ1v) is 9.04. The van der Waals surface area contributed by atoms with E-state index in [1.54, 1.807) is 16.9 Å². The largest absolute Gasteiger partial charge is 0.275 e. The fourth-order valence-electron chi connectivity index (χ4n) is 2.98. The van der Waals surface area contributed by atoms with Crippen LogP contribution in [0.4, 0.5) is 0 Å². The van der Waals surface area contributed by atoms with Crippen LogP contribution in [0.1, 0.15) is 30.0 Å². The van der Waals surface area contributed by atoms with Crippen molar-refractivity contribution in [2.45, 2.75) is 37.6 Å². The molecule has 0 bridgehead atoms. The van der Waals surface area contributed by atoms with E-state index >= 15 is 0 Å². The molecule has 0 fully saturated rings. The van der Waals surface area contributed by atoms with Crippen LogP contribution in [0.25, 0.3) is 0 Å². The van der Waals surface area contributed by atoms with E-state index in [0.717, 1.165) is 24.8 Å². The summed E-state index contributed by atoms with van der Waals surface area (Å²) in [5, 5.41) is 4.10. The quantitative estimate of drug-likeness (QED) is 0.848. The molecular formula is C16H21N3O2S. The van der Waals surface area contributed by atoms with E-state index in [-0.39, 0.29) is 0 Å². The molecule has 2 aromatic rings. The maximum Gasteiger partial charge on any atom is 0.243 e. The van der Waals surface area contributed by atoms with E-state index in [0.29, 0.717) is 18.0 Å². The topological polar surface area (TPSA) is 55.2 Å². The van der Waals surface area contributed by atoms with Gasteiger partial charge in [-0.1, -0.05) is 13.0 Å². The predicted molar refractivity (Wildman–Crippen MR) is 84.9 cm³/mol. The number of aryl methyl sites for hydroxylation is 3. The van der Waals surface area contributed by atoms with E-state index in [1.807, 2.05) is 32.3 Å². The Balaban J connectivity index is 1.89. The maximum absolute atomic E-state index is 12.9. The molecule has 1 aliphatic rings. The average molecular weight is 319 g/mol. The van der Waals surface area contributed by atoms with Crippen LogP contribution in [-0.4, -0.2) is 29.0 Å². The first kappa shape index (κ1) is 15.2. The number of hydrogen-bond acceptors (Lipinski definition) is 3. The van der Waals surface area contributed by atoms with Gasteiger partial charge in [0.05, 0.1) is 11.1 Å². The van der Waals surface area contributed by atoms with Crippen LogP contribution < -0.4 is 0 Å². The second kappa shape index (κ2) is 5.85. The summed E-state index contributed by atoms with van der Waals surface area (Å²) in [5.74, 6) is 0. The van der Waals surface area contributed by atoms with Gasteiger partial charge in [0.25, 0.3) is 0 Å². The van der Waals surface area contributed by atoms with Crippen molar-refractivity contribution in [2.75, 3.05) is 6.54 Å². The summed E-state index contributed by atoms with van der Waals surface area (Å²) in [4.78, 5) is 0.402. The number of fused-ring (bicyclic) bond motifs is 1. The zero-order chi connectivity index (χ0) is 15.7. The number of nitrogens with zero attached hydrogens (tertiary/aromatic N) is 3. The van der Waals surface area contributed by atoms with Crippen LogP contribution in [0.15, 0.2) is 35.5 Å². The third kappa shape index (κ3) is 2.80. The number of rotatable bonds is 5. The second-order valence-electron chi connectivity index (χ2n) is 5.74. The molecule has 0 unspecified atom stereocenters. The molecule has 0 atom stereocenters. The van der Waals surface area contributed by atoms with E-state index in [9.17, 15) is 8.42 Å². The molecule has 0 aliphatic heterocycles. The molecule has 3 rings (SSSR count). The Labute approximate surface area is 131 Å². The van der Waals surface area contributed by atoms with Crippen LogP contribution in [0.3, 0.4) is 0 Å². The van der Waals surface area contributed by atoms with Crippen molar-refractivity contribution in [3.05, 3.63) is 47.3 Å². The molecular weight excluding hydrogens is 298 g/mol. The van der Waals surface area contributed by atoms with Crippen molar-refractivity contribution in [3.63, 3.8) is 0 Å². The Morgan fingerprint density at radius 3 is 2.73 bits per heavy atom. The highest BCUT2D eigenvalue weighted by Gasteiger charge is 2.25. The van der Waals surface area contributed by atoms with Gasteiger partial charge in [0, 0.05) is 31.9 Å². The molecule has 5 nitrogen and oxygen atoms in total. The van der Waals surface area contributed by atoms with Crippen LogP contribution in [0.5, 0.6) is 0 Å². The van der Waals surface area contributed by atoms with Gasteiger partial charge >= 0.3 is 0 Å². The minimum absolute atomic E-state index is 0.351. The first-order chi connectivity index (χ1) is 10.5. The molecule has 0 amide bonds. The molecule has 1 heterocycles. The number of hydrogen-bond donors (Lipinski definition) is 0. The highest BCUT2D eigenvalue weighted by molar-refractivity contribution is 7.89. The van der Waals surface area contributed by atoms with Gasteiger partial charge in [-0.25, -0.2) is 8.42 Å². The van der Waals surface area contributed by atoms with E-state index in [1.165, 1.54) is 15.4 Å². The smallest absolute Gasteiger partial charge is 0.243 e. The Bertz CT molecular complexity index is 780. The van der Waals surface area contributed by atoms with Crippen LogP contribution in [-0.2, 0) is 36.5 Å². The Hall–Kier alpha value is -1.66. The molecule has 1 aromatic carbocycles. The summed E-state index contributed by atoms with van der Waals surface area (Å²) in [6.45, 7) is 2.65. The zero-order valence-corrected chi connectivity index (χ0v) is 13.8. The molecule has 0 spiro atoms. The van der Waals surface area contributed by atoms with Crippen molar-refractivity contribution in [1.82, 2.24) is 14.1 Å². The van der Waals surface area contributed by atoms with Gasteiger partial charge in [-0.3, -0.25) is 4.68 Å². The van der Waals surface area contributed by atoms with Crippen molar-refractivity contribution < 1.29 is 8.42 Å². The fourth-order valence-corrected chi connectivity index (χ4v) is 4.47. The average Bonchev–Trinajstić information content (AvgIpc) is 3.12. The lowest BCUT2D eigenvalue weighted by atomic mass is 10.1. The summed E-state index contributed by atoms with van der Waals surface area (Å²) in [7, 11) is -1.64. The summed E-state index contributed by atoms with van der Waals surface area (Å²) >= 11 is 0. The minimum atomic E-state index is -3.47. The Morgan fingerprint density at radius 1 is 1.27 bits per heavy atom. The van der Waals surface area contributed by atoms with E-state index in [2.05, 4.69) is 5.10 Å². The lowest BCUT2D eigenvalue weighted by Crippen LogP contribution is -2.30. The van der Waals surface area contributed by atoms with Crippen molar-refractivity contribution in [3.8, 4) is 0 Å². The fraction of sp³-hybridized carbons (Fsp3) is 0.438. The molecule has 118 valence electrons. The molecule has 6 heteroatoms. The van der Waals surface area contributed by atoms with Gasteiger partial charge in [-0.15, -0.1) is 0 Å². The molecule has 22 heavy (non-hydrogen) atoms. The van der Waals surface area contributed by atoms with E-state index < -0.39 is 10.0 Å².